The van der Waals surface area contributed by atoms with Crippen LogP contribution in [0.1, 0.15) is 25.3 Å². The quantitative estimate of drug-likeness (QED) is 0.659. The maximum absolute atomic E-state index is 11.4. The number of nitrogens with zero attached hydrogens (tertiary/aromatic N) is 4. The van der Waals surface area contributed by atoms with E-state index < -0.39 is 16.3 Å². The summed E-state index contributed by atoms with van der Waals surface area (Å²) in [6.45, 7) is 2.36. The Bertz CT molecular complexity index is 640. The summed E-state index contributed by atoms with van der Waals surface area (Å²) in [4.78, 5) is 27.5. The Morgan fingerprint density at radius 3 is 2.90 bits per heavy atom. The van der Waals surface area contributed by atoms with Crippen molar-refractivity contribution in [2.24, 2.45) is 5.41 Å². The zero-order valence-electron chi connectivity index (χ0n) is 11.4. The second-order valence-corrected chi connectivity index (χ2v) is 5.05. The van der Waals surface area contributed by atoms with Gasteiger partial charge < -0.3 is 10.0 Å². The Balaban J connectivity index is 2.38. The van der Waals surface area contributed by atoms with E-state index in [0.29, 0.717) is 19.4 Å². The third kappa shape index (κ3) is 2.50. The summed E-state index contributed by atoms with van der Waals surface area (Å²) in [6.07, 6.45) is 2.12. The summed E-state index contributed by atoms with van der Waals surface area (Å²) < 4.78 is 0. The zero-order valence-corrected chi connectivity index (χ0v) is 11.4. The summed E-state index contributed by atoms with van der Waals surface area (Å²) in [6, 6.07) is 2.97. The minimum Gasteiger partial charge on any atom is -0.481 e. The molecule has 1 aliphatic heterocycles. The Labute approximate surface area is 120 Å². The number of pyridine rings is 1. The van der Waals surface area contributed by atoms with Gasteiger partial charge in [-0.15, -0.1) is 0 Å². The van der Waals surface area contributed by atoms with Crippen molar-refractivity contribution in [1.82, 2.24) is 4.98 Å². The van der Waals surface area contributed by atoms with Crippen molar-refractivity contribution < 1.29 is 14.8 Å². The minimum atomic E-state index is -0.899. The molecule has 8 nitrogen and oxygen atoms in total. The van der Waals surface area contributed by atoms with Gasteiger partial charge in [-0.05, 0) is 12.8 Å². The van der Waals surface area contributed by atoms with Gasteiger partial charge in [0, 0.05) is 25.4 Å². The smallest absolute Gasteiger partial charge is 0.312 e. The molecule has 2 rings (SSSR count). The van der Waals surface area contributed by atoms with Gasteiger partial charge in [0.25, 0.3) is 0 Å². The first kappa shape index (κ1) is 14.7. The van der Waals surface area contributed by atoms with Gasteiger partial charge in [0.2, 0.25) is 5.82 Å². The van der Waals surface area contributed by atoms with Crippen molar-refractivity contribution >= 4 is 17.5 Å². The topological polar surface area (TPSA) is 120 Å². The number of nitriles is 1. The molecule has 1 aromatic heterocycles. The molecule has 1 aromatic rings. The van der Waals surface area contributed by atoms with Crippen molar-refractivity contribution in [3.63, 3.8) is 0 Å². The summed E-state index contributed by atoms with van der Waals surface area (Å²) in [5.74, 6) is -0.778. The van der Waals surface area contributed by atoms with E-state index in [2.05, 4.69) is 4.98 Å². The summed E-state index contributed by atoms with van der Waals surface area (Å²) >= 11 is 0. The van der Waals surface area contributed by atoms with Crippen LogP contribution in [-0.4, -0.2) is 34.1 Å². The minimum absolute atomic E-state index is 0.102. The number of aromatic nitrogens is 1. The fourth-order valence-electron chi connectivity index (χ4n) is 2.55. The average Bonchev–Trinajstić information content (AvgIpc) is 2.92. The molecule has 0 aromatic carbocycles. The summed E-state index contributed by atoms with van der Waals surface area (Å²) in [5.41, 5.74) is -1.07. The lowest BCUT2D eigenvalue weighted by Gasteiger charge is -2.23. The van der Waals surface area contributed by atoms with Gasteiger partial charge >= 0.3 is 11.7 Å². The summed E-state index contributed by atoms with van der Waals surface area (Å²) in [7, 11) is 0. The van der Waals surface area contributed by atoms with Crippen molar-refractivity contribution in [2.75, 3.05) is 18.0 Å². The van der Waals surface area contributed by atoms with Crippen molar-refractivity contribution in [3.8, 4) is 6.07 Å². The molecule has 0 radical (unpaired) electrons. The number of hydrogen-bond acceptors (Lipinski definition) is 6. The number of nitro groups is 1. The number of rotatable bonds is 4. The molecule has 1 aliphatic rings. The van der Waals surface area contributed by atoms with E-state index in [0.717, 1.165) is 6.07 Å². The van der Waals surface area contributed by atoms with E-state index in [1.807, 2.05) is 0 Å². The normalized spacial score (nSPS) is 21.0. The standard InChI is InChI=1S/C13H14N4O4/c1-2-13(12(18)19)3-4-16(8-13)11-10(17(20)21)5-9(6-14)7-15-11/h5,7H,2-4,8H2,1H3,(H,18,19). The third-order valence-electron chi connectivity index (χ3n) is 3.96. The van der Waals surface area contributed by atoms with Crippen molar-refractivity contribution in [1.29, 1.82) is 5.26 Å². The molecular weight excluding hydrogens is 276 g/mol. The van der Waals surface area contributed by atoms with Crippen LogP contribution in [0.4, 0.5) is 11.5 Å². The van der Waals surface area contributed by atoms with E-state index in [4.69, 9.17) is 5.26 Å². The van der Waals surface area contributed by atoms with Gasteiger partial charge in [0.1, 0.15) is 6.07 Å². The van der Waals surface area contributed by atoms with Crippen LogP contribution in [0.5, 0.6) is 0 Å². The SMILES string of the molecule is CCC1(C(=O)O)CCN(c2ncc(C#N)cc2[N+](=O)[O-])C1. The number of anilines is 1. The highest BCUT2D eigenvalue weighted by molar-refractivity contribution is 5.77. The number of carboxylic acid groups (broad SMARTS) is 1. The van der Waals surface area contributed by atoms with Crippen molar-refractivity contribution in [2.45, 2.75) is 19.8 Å². The number of hydrogen-bond donors (Lipinski definition) is 1. The van der Waals surface area contributed by atoms with Gasteiger partial charge in [-0.1, -0.05) is 6.92 Å². The molecule has 8 heteroatoms. The molecular formula is C13H14N4O4. The molecule has 1 atom stereocenters. The molecule has 0 saturated carbocycles. The van der Waals surface area contributed by atoms with Crippen LogP contribution >= 0.6 is 0 Å². The first-order valence-electron chi connectivity index (χ1n) is 6.46. The molecule has 110 valence electrons. The fraction of sp³-hybridized carbons (Fsp3) is 0.462. The highest BCUT2D eigenvalue weighted by Gasteiger charge is 2.45. The van der Waals surface area contributed by atoms with E-state index in [-0.39, 0.29) is 23.6 Å². The lowest BCUT2D eigenvalue weighted by Crippen LogP contribution is -2.34. The Morgan fingerprint density at radius 2 is 2.43 bits per heavy atom. The van der Waals surface area contributed by atoms with E-state index in [1.165, 1.54) is 6.20 Å². The number of aliphatic carboxylic acids is 1. The second kappa shape index (κ2) is 5.36. The Hall–Kier alpha value is -2.69. The molecule has 0 bridgehead atoms. The fourth-order valence-corrected chi connectivity index (χ4v) is 2.55. The first-order valence-corrected chi connectivity index (χ1v) is 6.46. The summed E-state index contributed by atoms with van der Waals surface area (Å²) in [5, 5.41) is 29.3. The maximum Gasteiger partial charge on any atom is 0.312 e. The third-order valence-corrected chi connectivity index (χ3v) is 3.96. The molecule has 0 amide bonds. The van der Waals surface area contributed by atoms with Crippen LogP contribution in [0.2, 0.25) is 0 Å². The highest BCUT2D eigenvalue weighted by atomic mass is 16.6. The number of carboxylic acids is 1. The Kier molecular flexibility index (Phi) is 3.76. The number of carbonyl (C=O) groups is 1. The zero-order chi connectivity index (χ0) is 15.6. The lowest BCUT2D eigenvalue weighted by molar-refractivity contribution is -0.384. The predicted molar refractivity (Wildman–Crippen MR) is 72.8 cm³/mol. The van der Waals surface area contributed by atoms with E-state index >= 15 is 0 Å². The Morgan fingerprint density at radius 1 is 1.71 bits per heavy atom. The first-order chi connectivity index (χ1) is 9.93. The molecule has 1 N–H and O–H groups in total. The lowest BCUT2D eigenvalue weighted by atomic mass is 9.84. The van der Waals surface area contributed by atoms with Gasteiger partial charge in [-0.3, -0.25) is 14.9 Å². The molecule has 1 unspecified atom stereocenters. The van der Waals surface area contributed by atoms with Crippen LogP contribution < -0.4 is 4.90 Å². The molecule has 2 heterocycles. The van der Waals surface area contributed by atoms with Gasteiger partial charge in [0.05, 0.1) is 15.9 Å². The van der Waals surface area contributed by atoms with Gasteiger partial charge in [-0.25, -0.2) is 4.98 Å². The highest BCUT2D eigenvalue weighted by Crippen LogP contribution is 2.38. The van der Waals surface area contributed by atoms with E-state index in [1.54, 1.807) is 17.9 Å². The van der Waals surface area contributed by atoms with Crippen molar-refractivity contribution in [3.05, 3.63) is 27.9 Å². The molecule has 1 fully saturated rings. The monoisotopic (exact) mass is 290 g/mol. The van der Waals surface area contributed by atoms with E-state index in [9.17, 15) is 20.0 Å². The largest absolute Gasteiger partial charge is 0.481 e. The van der Waals surface area contributed by atoms with Crippen LogP contribution in [0.25, 0.3) is 0 Å². The molecule has 21 heavy (non-hydrogen) atoms. The van der Waals surface area contributed by atoms with Crippen LogP contribution in [0.15, 0.2) is 12.3 Å². The van der Waals surface area contributed by atoms with Gasteiger partial charge in [0.15, 0.2) is 0 Å². The molecule has 0 aliphatic carbocycles. The van der Waals surface area contributed by atoms with Crippen LogP contribution in [-0.2, 0) is 4.79 Å². The molecule has 0 spiro atoms. The van der Waals surface area contributed by atoms with Gasteiger partial charge in [-0.2, -0.15) is 5.26 Å². The maximum atomic E-state index is 11.4. The van der Waals surface area contributed by atoms with Crippen LogP contribution in [0.3, 0.4) is 0 Å². The molecule has 1 saturated heterocycles. The predicted octanol–water partition coefficient (Wildman–Crippen LogP) is 1.55. The average molecular weight is 290 g/mol. The van der Waals surface area contributed by atoms with Crippen LogP contribution in [0, 0.1) is 26.9 Å². The second-order valence-electron chi connectivity index (χ2n) is 5.05.